The molecule has 2 aliphatic heterocycles. The molecule has 3 fully saturated rings. The van der Waals surface area contributed by atoms with Crippen molar-refractivity contribution in [3.63, 3.8) is 0 Å². The molecule has 3 aliphatic rings. The summed E-state index contributed by atoms with van der Waals surface area (Å²) in [6, 6.07) is 0.880. The molecule has 2 heterocycles. The van der Waals surface area contributed by atoms with Crippen molar-refractivity contribution in [2.24, 2.45) is 0 Å². The third-order valence-corrected chi connectivity index (χ3v) is 7.00. The average Bonchev–Trinajstić information content (AvgIpc) is 2.79. The summed E-state index contributed by atoms with van der Waals surface area (Å²) in [6.07, 6.45) is 13.9. The lowest BCUT2D eigenvalue weighted by Gasteiger charge is -2.40. The van der Waals surface area contributed by atoms with E-state index in [0.717, 1.165) is 6.04 Å². The second kappa shape index (κ2) is 6.36. The van der Waals surface area contributed by atoms with E-state index in [2.05, 4.69) is 27.8 Å². The van der Waals surface area contributed by atoms with E-state index in [1.807, 2.05) is 0 Å². The standard InChI is InChI=1S/C16H30N2S/c1-19-16(8-3-2-4-9-16)14-17-10-6-12-18-11-5-7-15(18)13-17/h15H,2-14H2,1H3. The van der Waals surface area contributed by atoms with Gasteiger partial charge in [0.05, 0.1) is 0 Å². The molecule has 1 atom stereocenters. The smallest absolute Gasteiger partial charge is 0.0284 e. The zero-order valence-corrected chi connectivity index (χ0v) is 13.4. The Hall–Kier alpha value is 0.270. The average molecular weight is 282 g/mol. The summed E-state index contributed by atoms with van der Waals surface area (Å²) >= 11 is 2.16. The number of nitrogens with zero attached hydrogens (tertiary/aromatic N) is 2. The van der Waals surface area contributed by atoms with Gasteiger partial charge in [-0.2, -0.15) is 11.8 Å². The van der Waals surface area contributed by atoms with Gasteiger partial charge in [0.2, 0.25) is 0 Å². The normalized spacial score (nSPS) is 33.0. The van der Waals surface area contributed by atoms with Crippen LogP contribution in [-0.2, 0) is 0 Å². The molecule has 1 aliphatic carbocycles. The van der Waals surface area contributed by atoms with Gasteiger partial charge in [-0.3, -0.25) is 4.90 Å². The van der Waals surface area contributed by atoms with Crippen LogP contribution in [0.4, 0.5) is 0 Å². The van der Waals surface area contributed by atoms with E-state index < -0.39 is 0 Å². The zero-order valence-electron chi connectivity index (χ0n) is 12.6. The minimum absolute atomic E-state index is 0.589. The maximum absolute atomic E-state index is 2.82. The molecule has 0 radical (unpaired) electrons. The molecule has 0 spiro atoms. The van der Waals surface area contributed by atoms with Crippen molar-refractivity contribution in [3.05, 3.63) is 0 Å². The van der Waals surface area contributed by atoms with Gasteiger partial charge in [-0.25, -0.2) is 0 Å². The van der Waals surface area contributed by atoms with Crippen molar-refractivity contribution in [1.29, 1.82) is 0 Å². The van der Waals surface area contributed by atoms with Crippen LogP contribution in [0.3, 0.4) is 0 Å². The predicted molar refractivity (Wildman–Crippen MR) is 85.0 cm³/mol. The van der Waals surface area contributed by atoms with Gasteiger partial charge in [-0.1, -0.05) is 19.3 Å². The molecular formula is C16H30N2S. The quantitative estimate of drug-likeness (QED) is 0.785. The molecule has 3 rings (SSSR count). The van der Waals surface area contributed by atoms with Crippen LogP contribution in [0.5, 0.6) is 0 Å². The third-order valence-electron chi connectivity index (χ3n) is 5.60. The summed E-state index contributed by atoms with van der Waals surface area (Å²) in [6.45, 7) is 6.77. The molecular weight excluding hydrogens is 252 g/mol. The van der Waals surface area contributed by atoms with Crippen LogP contribution in [0.15, 0.2) is 0 Å². The molecule has 2 saturated heterocycles. The highest BCUT2D eigenvalue weighted by Crippen LogP contribution is 2.39. The minimum atomic E-state index is 0.589. The van der Waals surface area contributed by atoms with Crippen LogP contribution >= 0.6 is 11.8 Å². The van der Waals surface area contributed by atoms with Crippen molar-refractivity contribution in [2.75, 3.05) is 39.0 Å². The topological polar surface area (TPSA) is 6.48 Å². The molecule has 110 valence electrons. The van der Waals surface area contributed by atoms with E-state index in [1.165, 1.54) is 84.1 Å². The van der Waals surface area contributed by atoms with E-state index in [0.29, 0.717) is 4.75 Å². The molecule has 0 bridgehead atoms. The highest BCUT2D eigenvalue weighted by atomic mass is 32.2. The Balaban J connectivity index is 1.61. The first-order valence-corrected chi connectivity index (χ1v) is 9.55. The van der Waals surface area contributed by atoms with Crippen molar-refractivity contribution >= 4 is 11.8 Å². The van der Waals surface area contributed by atoms with Crippen LogP contribution in [0, 0.1) is 0 Å². The van der Waals surface area contributed by atoms with E-state index in [4.69, 9.17) is 0 Å². The molecule has 0 amide bonds. The second-order valence-corrected chi connectivity index (χ2v) is 8.14. The molecule has 0 aromatic carbocycles. The largest absolute Gasteiger partial charge is 0.300 e. The molecule has 1 saturated carbocycles. The van der Waals surface area contributed by atoms with Gasteiger partial charge in [0.15, 0.2) is 0 Å². The van der Waals surface area contributed by atoms with Crippen molar-refractivity contribution in [3.8, 4) is 0 Å². The number of fused-ring (bicyclic) bond motifs is 1. The maximum Gasteiger partial charge on any atom is 0.0284 e. The van der Waals surface area contributed by atoms with Crippen LogP contribution < -0.4 is 0 Å². The number of thioether (sulfide) groups is 1. The van der Waals surface area contributed by atoms with Crippen molar-refractivity contribution in [1.82, 2.24) is 9.80 Å². The highest BCUT2D eigenvalue weighted by Gasteiger charge is 2.35. The molecule has 0 aromatic rings. The predicted octanol–water partition coefficient (Wildman–Crippen LogP) is 3.22. The Morgan fingerprint density at radius 1 is 1.00 bits per heavy atom. The lowest BCUT2D eigenvalue weighted by molar-refractivity contribution is 0.193. The molecule has 0 aromatic heterocycles. The van der Waals surface area contributed by atoms with Crippen LogP contribution in [-0.4, -0.2) is 59.6 Å². The van der Waals surface area contributed by atoms with Gasteiger partial charge >= 0.3 is 0 Å². The van der Waals surface area contributed by atoms with Crippen LogP contribution in [0.1, 0.15) is 51.4 Å². The van der Waals surface area contributed by atoms with Crippen molar-refractivity contribution < 1.29 is 0 Å². The fraction of sp³-hybridized carbons (Fsp3) is 1.00. The maximum atomic E-state index is 2.82. The molecule has 2 nitrogen and oxygen atoms in total. The van der Waals surface area contributed by atoms with Gasteiger partial charge in [-0.05, 0) is 58.0 Å². The zero-order chi connectivity index (χ0) is 13.1. The SMILES string of the molecule is CSC1(CN2CCCN3CCCC3C2)CCCCC1. The summed E-state index contributed by atoms with van der Waals surface area (Å²) in [7, 11) is 0. The Morgan fingerprint density at radius 3 is 2.58 bits per heavy atom. The highest BCUT2D eigenvalue weighted by molar-refractivity contribution is 8.00. The van der Waals surface area contributed by atoms with Crippen molar-refractivity contribution in [2.45, 2.75) is 62.2 Å². The fourth-order valence-electron chi connectivity index (χ4n) is 4.46. The summed E-state index contributed by atoms with van der Waals surface area (Å²) in [5, 5.41) is 0. The van der Waals surface area contributed by atoms with E-state index in [1.54, 1.807) is 0 Å². The summed E-state index contributed by atoms with van der Waals surface area (Å²) < 4.78 is 0.589. The van der Waals surface area contributed by atoms with E-state index in [-0.39, 0.29) is 0 Å². The number of hydrogen-bond donors (Lipinski definition) is 0. The summed E-state index contributed by atoms with van der Waals surface area (Å²) in [4.78, 5) is 5.57. The third kappa shape index (κ3) is 3.30. The number of rotatable bonds is 3. The molecule has 0 N–H and O–H groups in total. The van der Waals surface area contributed by atoms with Crippen LogP contribution in [0.25, 0.3) is 0 Å². The van der Waals surface area contributed by atoms with E-state index in [9.17, 15) is 0 Å². The Morgan fingerprint density at radius 2 is 1.79 bits per heavy atom. The van der Waals surface area contributed by atoms with Crippen LogP contribution in [0.2, 0.25) is 0 Å². The van der Waals surface area contributed by atoms with Gasteiger partial charge in [0.25, 0.3) is 0 Å². The first kappa shape index (κ1) is 14.2. The second-order valence-electron chi connectivity index (χ2n) is 6.87. The molecule has 1 unspecified atom stereocenters. The van der Waals surface area contributed by atoms with Gasteiger partial charge in [0, 0.05) is 23.9 Å². The molecule has 19 heavy (non-hydrogen) atoms. The minimum Gasteiger partial charge on any atom is -0.300 e. The summed E-state index contributed by atoms with van der Waals surface area (Å²) in [5.41, 5.74) is 0. The lowest BCUT2D eigenvalue weighted by atomic mass is 9.87. The van der Waals surface area contributed by atoms with Gasteiger partial charge in [0.1, 0.15) is 0 Å². The first-order chi connectivity index (χ1) is 9.31. The Kier molecular flexibility index (Phi) is 4.76. The first-order valence-electron chi connectivity index (χ1n) is 8.33. The summed E-state index contributed by atoms with van der Waals surface area (Å²) in [5.74, 6) is 0. The Labute approximate surface area is 123 Å². The Bertz CT molecular complexity index is 288. The van der Waals surface area contributed by atoms with E-state index >= 15 is 0 Å². The molecule has 3 heteroatoms. The fourth-order valence-corrected chi connectivity index (χ4v) is 5.47. The van der Waals surface area contributed by atoms with Gasteiger partial charge in [-0.15, -0.1) is 0 Å². The van der Waals surface area contributed by atoms with Gasteiger partial charge < -0.3 is 4.90 Å². The monoisotopic (exact) mass is 282 g/mol. The lowest BCUT2D eigenvalue weighted by Crippen LogP contribution is -2.45. The number of hydrogen-bond acceptors (Lipinski definition) is 3.